The van der Waals surface area contributed by atoms with Crippen molar-refractivity contribution in [1.29, 1.82) is 5.26 Å². The summed E-state index contributed by atoms with van der Waals surface area (Å²) >= 11 is 0. The molecule has 2 nitrogen and oxygen atoms in total. The van der Waals surface area contributed by atoms with E-state index in [9.17, 15) is 0 Å². The molecule has 0 aromatic rings. The molecule has 4 fully saturated rings. The van der Waals surface area contributed by atoms with E-state index >= 15 is 0 Å². The van der Waals surface area contributed by atoms with Crippen LogP contribution >= 0.6 is 0 Å². The third-order valence-corrected chi connectivity index (χ3v) is 4.51. The van der Waals surface area contributed by atoms with Crippen molar-refractivity contribution < 1.29 is 0 Å². The highest BCUT2D eigenvalue weighted by Crippen LogP contribution is 2.57. The molecule has 4 aliphatic carbocycles. The average molecular weight is 176 g/mol. The first kappa shape index (κ1) is 7.82. The Morgan fingerprint density at radius 3 is 2.23 bits per heavy atom. The normalized spacial score (nSPS) is 57.8. The van der Waals surface area contributed by atoms with Gasteiger partial charge >= 0.3 is 0 Å². The van der Waals surface area contributed by atoms with E-state index in [1.54, 1.807) is 0 Å². The van der Waals surface area contributed by atoms with Crippen molar-refractivity contribution in [3.63, 3.8) is 0 Å². The van der Waals surface area contributed by atoms with Crippen molar-refractivity contribution in [2.75, 3.05) is 0 Å². The molecule has 70 valence electrons. The van der Waals surface area contributed by atoms with Gasteiger partial charge in [-0.15, -0.1) is 0 Å². The molecule has 0 aromatic carbocycles. The lowest BCUT2D eigenvalue weighted by atomic mass is 9.49. The van der Waals surface area contributed by atoms with Gasteiger partial charge in [0.05, 0.1) is 12.0 Å². The van der Waals surface area contributed by atoms with Crippen LogP contribution < -0.4 is 5.73 Å². The summed E-state index contributed by atoms with van der Waals surface area (Å²) in [6.45, 7) is 0. The van der Waals surface area contributed by atoms with Crippen LogP contribution in [0.3, 0.4) is 0 Å². The van der Waals surface area contributed by atoms with Gasteiger partial charge in [0.1, 0.15) is 0 Å². The summed E-state index contributed by atoms with van der Waals surface area (Å²) in [5.41, 5.74) is 6.26. The monoisotopic (exact) mass is 176 g/mol. The highest BCUT2D eigenvalue weighted by atomic mass is 14.8. The smallest absolute Gasteiger partial charge is 0.0678 e. The van der Waals surface area contributed by atoms with Crippen molar-refractivity contribution in [1.82, 2.24) is 0 Å². The van der Waals surface area contributed by atoms with Crippen LogP contribution in [0.1, 0.15) is 32.1 Å². The van der Waals surface area contributed by atoms with E-state index in [0.717, 1.165) is 24.7 Å². The van der Waals surface area contributed by atoms with Crippen molar-refractivity contribution in [3.05, 3.63) is 0 Å². The maximum absolute atomic E-state index is 9.13. The highest BCUT2D eigenvalue weighted by Gasteiger charge is 2.55. The number of nitriles is 1. The van der Waals surface area contributed by atoms with Gasteiger partial charge < -0.3 is 5.73 Å². The van der Waals surface area contributed by atoms with Crippen molar-refractivity contribution in [2.45, 2.75) is 37.6 Å². The van der Waals surface area contributed by atoms with Gasteiger partial charge in [-0.1, -0.05) is 0 Å². The molecule has 13 heavy (non-hydrogen) atoms. The molecule has 0 spiro atoms. The second kappa shape index (κ2) is 2.27. The lowest BCUT2D eigenvalue weighted by Crippen LogP contribution is -2.61. The Kier molecular flexibility index (Phi) is 1.37. The quantitative estimate of drug-likeness (QED) is 0.610. The zero-order valence-corrected chi connectivity index (χ0v) is 7.87. The fourth-order valence-corrected chi connectivity index (χ4v) is 4.34. The number of nitrogens with two attached hydrogens (primary N) is 1. The second-order valence-electron chi connectivity index (χ2n) is 5.45. The van der Waals surface area contributed by atoms with Gasteiger partial charge in [0.15, 0.2) is 0 Å². The summed E-state index contributed by atoms with van der Waals surface area (Å²) in [7, 11) is 0. The molecule has 2 N–H and O–H groups in total. The molecule has 0 aliphatic heterocycles. The van der Waals surface area contributed by atoms with Gasteiger partial charge in [0.2, 0.25) is 0 Å². The minimum absolute atomic E-state index is 0.0938. The Bertz CT molecular complexity index is 264. The van der Waals surface area contributed by atoms with E-state index in [-0.39, 0.29) is 11.5 Å². The second-order valence-corrected chi connectivity index (χ2v) is 5.45. The standard InChI is InChI=1S/C11H16N2/c12-6-10-9-2-7-1-8(3-9)5-11(10,13)4-7/h7-10H,1-5,13H2. The SMILES string of the molecule is N#CC1C2CC3CC(C2)CC1(N)C3. The van der Waals surface area contributed by atoms with E-state index in [2.05, 4.69) is 6.07 Å². The molecule has 4 rings (SSSR count). The molecule has 2 heteroatoms. The van der Waals surface area contributed by atoms with Gasteiger partial charge in [-0.2, -0.15) is 5.26 Å². The van der Waals surface area contributed by atoms with E-state index in [1.807, 2.05) is 0 Å². The third-order valence-electron chi connectivity index (χ3n) is 4.51. The first-order valence-corrected chi connectivity index (χ1v) is 5.40. The lowest BCUT2D eigenvalue weighted by molar-refractivity contribution is -0.0324. The summed E-state index contributed by atoms with van der Waals surface area (Å²) in [4.78, 5) is 0. The van der Waals surface area contributed by atoms with E-state index in [1.165, 1.54) is 19.3 Å². The predicted molar refractivity (Wildman–Crippen MR) is 49.6 cm³/mol. The summed E-state index contributed by atoms with van der Waals surface area (Å²) in [6, 6.07) is 2.46. The summed E-state index contributed by atoms with van der Waals surface area (Å²) in [5, 5.41) is 9.13. The number of hydrogen-bond acceptors (Lipinski definition) is 2. The van der Waals surface area contributed by atoms with Gasteiger partial charge in [0.25, 0.3) is 0 Å². The minimum atomic E-state index is -0.0938. The molecule has 3 unspecified atom stereocenters. The summed E-state index contributed by atoms with van der Waals surface area (Å²) in [6.07, 6.45) is 6.21. The Morgan fingerprint density at radius 2 is 1.77 bits per heavy atom. The number of nitrogens with zero attached hydrogens (tertiary/aromatic N) is 1. The van der Waals surface area contributed by atoms with Crippen LogP contribution in [0.15, 0.2) is 0 Å². The van der Waals surface area contributed by atoms with Gasteiger partial charge in [0, 0.05) is 5.54 Å². The lowest BCUT2D eigenvalue weighted by Gasteiger charge is -2.57. The number of rotatable bonds is 0. The molecular formula is C11H16N2. The fraction of sp³-hybridized carbons (Fsp3) is 0.909. The Balaban J connectivity index is 1.99. The summed E-state index contributed by atoms with van der Waals surface area (Å²) in [5.74, 6) is 2.51. The largest absolute Gasteiger partial charge is 0.324 e. The van der Waals surface area contributed by atoms with Gasteiger partial charge in [-0.05, 0) is 49.9 Å². The minimum Gasteiger partial charge on any atom is -0.324 e. The third kappa shape index (κ3) is 0.914. The summed E-state index contributed by atoms with van der Waals surface area (Å²) < 4.78 is 0. The van der Waals surface area contributed by atoms with Crippen LogP contribution in [0.25, 0.3) is 0 Å². The molecular weight excluding hydrogens is 160 g/mol. The van der Waals surface area contributed by atoms with Crippen molar-refractivity contribution in [2.24, 2.45) is 29.4 Å². The molecule has 0 amide bonds. The average Bonchev–Trinajstić information content (AvgIpc) is 2.00. The molecule has 0 heterocycles. The molecule has 4 saturated carbocycles. The van der Waals surface area contributed by atoms with Crippen LogP contribution in [-0.4, -0.2) is 5.54 Å². The van der Waals surface area contributed by atoms with Crippen LogP contribution in [0.4, 0.5) is 0 Å². The van der Waals surface area contributed by atoms with Crippen molar-refractivity contribution in [3.8, 4) is 6.07 Å². The topological polar surface area (TPSA) is 49.8 Å². The van der Waals surface area contributed by atoms with E-state index in [4.69, 9.17) is 11.0 Å². The van der Waals surface area contributed by atoms with Crippen molar-refractivity contribution >= 4 is 0 Å². The Morgan fingerprint density at radius 1 is 1.15 bits per heavy atom. The zero-order chi connectivity index (χ0) is 9.05. The Hall–Kier alpha value is -0.550. The van der Waals surface area contributed by atoms with E-state index < -0.39 is 0 Å². The predicted octanol–water partition coefficient (Wildman–Crippen LogP) is 1.66. The molecule has 0 saturated heterocycles. The first-order chi connectivity index (χ1) is 6.21. The number of hydrogen-bond donors (Lipinski definition) is 1. The van der Waals surface area contributed by atoms with Gasteiger partial charge in [-0.3, -0.25) is 0 Å². The van der Waals surface area contributed by atoms with Crippen LogP contribution in [-0.2, 0) is 0 Å². The van der Waals surface area contributed by atoms with E-state index in [0.29, 0.717) is 5.92 Å². The maximum atomic E-state index is 9.13. The Labute approximate surface area is 79.1 Å². The highest BCUT2D eigenvalue weighted by molar-refractivity contribution is 5.15. The fourth-order valence-electron chi connectivity index (χ4n) is 4.34. The van der Waals surface area contributed by atoms with Crippen LogP contribution in [0.2, 0.25) is 0 Å². The molecule has 4 bridgehead atoms. The zero-order valence-electron chi connectivity index (χ0n) is 7.87. The molecule has 0 radical (unpaired) electrons. The van der Waals surface area contributed by atoms with Crippen LogP contribution in [0.5, 0.6) is 0 Å². The van der Waals surface area contributed by atoms with Gasteiger partial charge in [-0.25, -0.2) is 0 Å². The molecule has 0 aromatic heterocycles. The first-order valence-electron chi connectivity index (χ1n) is 5.40. The maximum Gasteiger partial charge on any atom is 0.0678 e. The van der Waals surface area contributed by atoms with Crippen LogP contribution in [0, 0.1) is 35.0 Å². The molecule has 3 atom stereocenters. The molecule has 4 aliphatic rings.